The van der Waals surface area contributed by atoms with E-state index in [1.165, 1.54) is 30.3 Å². The Hall–Kier alpha value is -2.58. The highest BCUT2D eigenvalue weighted by Gasteiger charge is 2.28. The Labute approximate surface area is 209 Å². The quantitative estimate of drug-likeness (QED) is 0.348. The number of thioether (sulfide) groups is 1. The van der Waals surface area contributed by atoms with Gasteiger partial charge in [-0.3, -0.25) is 19.7 Å². The van der Waals surface area contributed by atoms with Gasteiger partial charge in [0, 0.05) is 35.5 Å². The minimum absolute atomic E-state index is 0.0387. The van der Waals surface area contributed by atoms with Crippen molar-refractivity contribution in [3.63, 3.8) is 0 Å². The highest BCUT2D eigenvalue weighted by Crippen LogP contribution is 2.21. The molecule has 34 heavy (non-hydrogen) atoms. The number of nitro benzene ring substituents is 1. The van der Waals surface area contributed by atoms with Crippen molar-refractivity contribution in [2.75, 3.05) is 5.75 Å². The van der Waals surface area contributed by atoms with Crippen molar-refractivity contribution in [3.05, 3.63) is 74.8 Å². The van der Waals surface area contributed by atoms with Crippen LogP contribution in [0.2, 0.25) is 5.02 Å². The minimum atomic E-state index is -0.606. The van der Waals surface area contributed by atoms with Crippen molar-refractivity contribution in [3.8, 4) is 0 Å². The molecule has 1 fully saturated rings. The van der Waals surface area contributed by atoms with Crippen LogP contribution < -0.4 is 5.32 Å². The van der Waals surface area contributed by atoms with Gasteiger partial charge < -0.3 is 10.2 Å². The summed E-state index contributed by atoms with van der Waals surface area (Å²) in [7, 11) is 0. The molecule has 7 nitrogen and oxygen atoms in total. The number of carbonyl (C=O) groups excluding carboxylic acids is 2. The Morgan fingerprint density at radius 2 is 1.71 bits per heavy atom. The molecule has 0 aliphatic heterocycles. The zero-order valence-corrected chi connectivity index (χ0v) is 20.8. The molecule has 1 saturated carbocycles. The van der Waals surface area contributed by atoms with Gasteiger partial charge in [-0.05, 0) is 43.0 Å². The zero-order valence-electron chi connectivity index (χ0n) is 19.2. The van der Waals surface area contributed by atoms with Crippen LogP contribution in [0.1, 0.15) is 50.2 Å². The van der Waals surface area contributed by atoms with E-state index in [2.05, 4.69) is 5.32 Å². The third kappa shape index (κ3) is 7.74. The van der Waals surface area contributed by atoms with Gasteiger partial charge >= 0.3 is 0 Å². The molecule has 0 saturated heterocycles. The lowest BCUT2D eigenvalue weighted by Gasteiger charge is -2.31. The number of carbonyl (C=O) groups is 2. The molecule has 1 N–H and O–H groups in total. The monoisotopic (exact) mass is 503 g/mol. The number of hydrogen-bond acceptors (Lipinski definition) is 5. The first-order valence-electron chi connectivity index (χ1n) is 11.5. The summed E-state index contributed by atoms with van der Waals surface area (Å²) in [6.07, 6.45) is 5.40. The van der Waals surface area contributed by atoms with Gasteiger partial charge in [-0.15, -0.1) is 11.8 Å². The molecule has 0 radical (unpaired) electrons. The van der Waals surface area contributed by atoms with E-state index in [0.717, 1.165) is 36.8 Å². The summed E-state index contributed by atoms with van der Waals surface area (Å²) in [6, 6.07) is 13.1. The van der Waals surface area contributed by atoms with Gasteiger partial charge in [0.05, 0.1) is 10.7 Å². The van der Waals surface area contributed by atoms with Crippen LogP contribution in [-0.4, -0.2) is 39.5 Å². The molecule has 2 aromatic rings. The average Bonchev–Trinajstić information content (AvgIpc) is 2.84. The van der Waals surface area contributed by atoms with Crippen LogP contribution in [0.15, 0.2) is 48.5 Å². The molecule has 0 aromatic heterocycles. The summed E-state index contributed by atoms with van der Waals surface area (Å²) in [5, 5.41) is 14.6. The fraction of sp³-hybridized carbons (Fsp3) is 0.440. The molecule has 182 valence electrons. The molecule has 9 heteroatoms. The first kappa shape index (κ1) is 26.0. The van der Waals surface area contributed by atoms with E-state index in [0.29, 0.717) is 17.3 Å². The third-order valence-corrected chi connectivity index (χ3v) is 7.27. The molecule has 0 bridgehead atoms. The van der Waals surface area contributed by atoms with Gasteiger partial charge in [0.1, 0.15) is 6.04 Å². The largest absolute Gasteiger partial charge is 0.352 e. The number of amides is 2. The number of non-ortho nitro benzene ring substituents is 1. The second-order valence-corrected chi connectivity index (χ2v) is 10.0. The average molecular weight is 504 g/mol. The Bertz CT molecular complexity index is 979. The normalized spacial score (nSPS) is 14.9. The predicted octanol–water partition coefficient (Wildman–Crippen LogP) is 5.35. The fourth-order valence-corrected chi connectivity index (χ4v) is 4.99. The standard InChI is InChI=1S/C25H30ClN3O4S/c1-18(25(31)27-22-5-3-2-4-6-22)28(15-19-7-11-21(26)12-8-19)24(30)17-34-16-20-9-13-23(14-10-20)29(32)33/h7-14,18,22H,2-6,15-17H2,1H3,(H,27,31)/t18-/m0/s1. The molecular formula is C25H30ClN3O4S. The molecule has 1 aliphatic rings. The zero-order chi connectivity index (χ0) is 24.5. The van der Waals surface area contributed by atoms with Crippen molar-refractivity contribution >= 4 is 40.9 Å². The number of rotatable bonds is 10. The number of nitro groups is 1. The van der Waals surface area contributed by atoms with Crippen LogP contribution in [0.3, 0.4) is 0 Å². The smallest absolute Gasteiger partial charge is 0.269 e. The lowest BCUT2D eigenvalue weighted by atomic mass is 9.95. The van der Waals surface area contributed by atoms with Gasteiger partial charge in [-0.25, -0.2) is 0 Å². The van der Waals surface area contributed by atoms with E-state index in [1.54, 1.807) is 36.1 Å². The van der Waals surface area contributed by atoms with Crippen LogP contribution in [0, 0.1) is 10.1 Å². The maximum absolute atomic E-state index is 13.2. The van der Waals surface area contributed by atoms with Crippen LogP contribution >= 0.6 is 23.4 Å². The summed E-state index contributed by atoms with van der Waals surface area (Å²) in [5.74, 6) is 0.482. The number of benzene rings is 2. The van der Waals surface area contributed by atoms with Crippen LogP contribution in [-0.2, 0) is 21.9 Å². The van der Waals surface area contributed by atoms with E-state index in [1.807, 2.05) is 12.1 Å². The SMILES string of the molecule is C[C@@H](C(=O)NC1CCCCC1)N(Cc1ccc(Cl)cc1)C(=O)CSCc1ccc([N+](=O)[O-])cc1. The van der Waals surface area contributed by atoms with E-state index < -0.39 is 11.0 Å². The molecular weight excluding hydrogens is 474 g/mol. The highest BCUT2D eigenvalue weighted by atomic mass is 35.5. The molecule has 2 aromatic carbocycles. The maximum atomic E-state index is 13.2. The first-order chi connectivity index (χ1) is 16.3. The summed E-state index contributed by atoms with van der Waals surface area (Å²) >= 11 is 7.42. The number of nitrogens with zero attached hydrogens (tertiary/aromatic N) is 2. The lowest BCUT2D eigenvalue weighted by Crippen LogP contribution is -2.50. The fourth-order valence-electron chi connectivity index (χ4n) is 3.99. The van der Waals surface area contributed by atoms with E-state index in [4.69, 9.17) is 11.6 Å². The second-order valence-electron chi connectivity index (χ2n) is 8.58. The summed E-state index contributed by atoms with van der Waals surface area (Å²) in [4.78, 5) is 38.2. The van der Waals surface area contributed by atoms with Crippen LogP contribution in [0.25, 0.3) is 0 Å². The Morgan fingerprint density at radius 1 is 1.09 bits per heavy atom. The number of nitrogens with one attached hydrogen (secondary N) is 1. The summed E-state index contributed by atoms with van der Waals surface area (Å²) in [6.45, 7) is 2.08. The number of halogens is 1. The topological polar surface area (TPSA) is 92.6 Å². The van der Waals surface area contributed by atoms with Gasteiger partial charge in [-0.1, -0.05) is 55.1 Å². The van der Waals surface area contributed by atoms with Crippen molar-refractivity contribution in [2.24, 2.45) is 0 Å². The maximum Gasteiger partial charge on any atom is 0.269 e. The van der Waals surface area contributed by atoms with Gasteiger partial charge in [0.2, 0.25) is 11.8 Å². The molecule has 2 amide bonds. The number of hydrogen-bond donors (Lipinski definition) is 1. The van der Waals surface area contributed by atoms with Crippen molar-refractivity contribution in [1.29, 1.82) is 0 Å². The molecule has 0 unspecified atom stereocenters. The molecule has 0 spiro atoms. The van der Waals surface area contributed by atoms with Crippen molar-refractivity contribution in [2.45, 2.75) is 63.4 Å². The van der Waals surface area contributed by atoms with E-state index >= 15 is 0 Å². The van der Waals surface area contributed by atoms with Crippen LogP contribution in [0.4, 0.5) is 5.69 Å². The summed E-state index contributed by atoms with van der Waals surface area (Å²) < 4.78 is 0. The highest BCUT2D eigenvalue weighted by molar-refractivity contribution is 7.99. The molecule has 1 atom stereocenters. The second kappa shape index (κ2) is 12.8. The van der Waals surface area contributed by atoms with E-state index in [-0.39, 0.29) is 29.3 Å². The summed E-state index contributed by atoms with van der Waals surface area (Å²) in [5.41, 5.74) is 1.84. The van der Waals surface area contributed by atoms with Crippen LogP contribution in [0.5, 0.6) is 0 Å². The Morgan fingerprint density at radius 3 is 2.32 bits per heavy atom. The minimum Gasteiger partial charge on any atom is -0.352 e. The third-order valence-electron chi connectivity index (χ3n) is 6.03. The Kier molecular flexibility index (Phi) is 9.77. The molecule has 3 rings (SSSR count). The Balaban J connectivity index is 1.63. The first-order valence-corrected chi connectivity index (χ1v) is 13.0. The van der Waals surface area contributed by atoms with Gasteiger partial charge in [-0.2, -0.15) is 0 Å². The lowest BCUT2D eigenvalue weighted by molar-refractivity contribution is -0.384. The van der Waals surface area contributed by atoms with E-state index in [9.17, 15) is 19.7 Å². The van der Waals surface area contributed by atoms with Crippen molar-refractivity contribution < 1.29 is 14.5 Å². The molecule has 0 heterocycles. The van der Waals surface area contributed by atoms with Gasteiger partial charge in [0.15, 0.2) is 0 Å². The molecule has 1 aliphatic carbocycles. The van der Waals surface area contributed by atoms with Gasteiger partial charge in [0.25, 0.3) is 5.69 Å². The van der Waals surface area contributed by atoms with Crippen molar-refractivity contribution in [1.82, 2.24) is 10.2 Å². The predicted molar refractivity (Wildman–Crippen MR) is 136 cm³/mol.